The van der Waals surface area contributed by atoms with Gasteiger partial charge in [0.05, 0.1) is 0 Å². The Balaban J connectivity index is 1.98. The van der Waals surface area contributed by atoms with Gasteiger partial charge in [-0.25, -0.2) is 0 Å². The van der Waals surface area contributed by atoms with Crippen LogP contribution in [0.5, 0.6) is 0 Å². The van der Waals surface area contributed by atoms with E-state index >= 15 is 0 Å². The Hall–Kier alpha value is -1.28. The van der Waals surface area contributed by atoms with Gasteiger partial charge in [0.1, 0.15) is 0 Å². The maximum atomic E-state index is 6.40. The number of anilines is 1. The Bertz CT molecular complexity index is 621. The molecule has 0 spiro atoms. The number of nitrogen functional groups attached to an aromatic ring is 1. The highest BCUT2D eigenvalue weighted by Crippen LogP contribution is 2.40. The van der Waals surface area contributed by atoms with Gasteiger partial charge in [0.25, 0.3) is 0 Å². The number of piperidine rings is 1. The van der Waals surface area contributed by atoms with Crippen molar-refractivity contribution in [1.82, 2.24) is 4.90 Å². The molecule has 3 rings (SSSR count). The predicted octanol–water partition coefficient (Wildman–Crippen LogP) is 5.58. The molecule has 2 aliphatic rings. The van der Waals surface area contributed by atoms with E-state index in [4.69, 9.17) is 5.73 Å². The fourth-order valence-corrected chi connectivity index (χ4v) is 4.48. The van der Waals surface area contributed by atoms with Crippen molar-refractivity contribution in [2.45, 2.75) is 71.8 Å². The lowest BCUT2D eigenvalue weighted by atomic mass is 9.80. The Labute approximate surface area is 148 Å². The van der Waals surface area contributed by atoms with Crippen LogP contribution in [-0.4, -0.2) is 18.0 Å². The molecule has 0 amide bonds. The fraction of sp³-hybridized carbons (Fsp3) is 0.636. The predicted molar refractivity (Wildman–Crippen MR) is 105 cm³/mol. The van der Waals surface area contributed by atoms with Crippen molar-refractivity contribution in [2.75, 3.05) is 18.8 Å². The average molecular weight is 327 g/mol. The summed E-state index contributed by atoms with van der Waals surface area (Å²) in [4.78, 5) is 2.65. The van der Waals surface area contributed by atoms with Crippen LogP contribution in [-0.2, 0) is 5.54 Å². The molecule has 0 radical (unpaired) electrons. The molecule has 24 heavy (non-hydrogen) atoms. The standard InChI is InChI=1S/C22H34N2/c1-16-9-8-10-19(17(16)2)20-15-18(11-12-21(20)23)22(3,4)24-13-6-5-7-14-24/h11-12,15-16H,5-10,13-14,23H2,1-4H3. The lowest BCUT2D eigenvalue weighted by Gasteiger charge is -2.41. The third-order valence-electron chi connectivity index (χ3n) is 6.51. The molecule has 2 heteroatoms. The second-order valence-electron chi connectivity index (χ2n) is 8.36. The Kier molecular flexibility index (Phi) is 5.05. The van der Waals surface area contributed by atoms with Crippen molar-refractivity contribution in [1.29, 1.82) is 0 Å². The topological polar surface area (TPSA) is 29.3 Å². The van der Waals surface area contributed by atoms with Gasteiger partial charge in [0.15, 0.2) is 0 Å². The first-order valence-electron chi connectivity index (χ1n) is 9.76. The Morgan fingerprint density at radius 3 is 2.50 bits per heavy atom. The highest BCUT2D eigenvalue weighted by Gasteiger charge is 2.30. The molecule has 1 aliphatic carbocycles. The van der Waals surface area contributed by atoms with Gasteiger partial charge in [-0.1, -0.05) is 25.0 Å². The van der Waals surface area contributed by atoms with E-state index in [0.717, 1.165) is 5.69 Å². The van der Waals surface area contributed by atoms with E-state index in [1.54, 1.807) is 5.57 Å². The number of nitrogens with zero attached hydrogens (tertiary/aromatic N) is 1. The van der Waals surface area contributed by atoms with Gasteiger partial charge >= 0.3 is 0 Å². The molecule has 1 aromatic rings. The molecule has 1 unspecified atom stereocenters. The first-order valence-corrected chi connectivity index (χ1v) is 9.76. The average Bonchev–Trinajstić information content (AvgIpc) is 2.59. The van der Waals surface area contributed by atoms with E-state index in [2.05, 4.69) is 50.8 Å². The number of likely N-dealkylation sites (tertiary alicyclic amines) is 1. The largest absolute Gasteiger partial charge is 0.398 e. The fourth-order valence-electron chi connectivity index (χ4n) is 4.48. The minimum Gasteiger partial charge on any atom is -0.398 e. The van der Waals surface area contributed by atoms with Gasteiger partial charge in [-0.05, 0) is 95.2 Å². The monoisotopic (exact) mass is 326 g/mol. The molecule has 1 saturated heterocycles. The molecule has 0 saturated carbocycles. The van der Waals surface area contributed by atoms with Crippen molar-refractivity contribution in [2.24, 2.45) is 5.92 Å². The van der Waals surface area contributed by atoms with Crippen molar-refractivity contribution >= 4 is 11.3 Å². The second-order valence-corrected chi connectivity index (χ2v) is 8.36. The molecular weight excluding hydrogens is 292 g/mol. The van der Waals surface area contributed by atoms with Gasteiger partial charge < -0.3 is 5.73 Å². The second kappa shape index (κ2) is 6.92. The molecule has 1 aromatic carbocycles. The van der Waals surface area contributed by atoms with Crippen LogP contribution in [0.1, 0.15) is 77.3 Å². The molecule has 0 bridgehead atoms. The molecule has 0 aromatic heterocycles. The highest BCUT2D eigenvalue weighted by atomic mass is 15.2. The zero-order valence-corrected chi connectivity index (χ0v) is 16.0. The molecule has 1 atom stereocenters. The number of allylic oxidation sites excluding steroid dienone is 2. The molecule has 1 fully saturated rings. The Morgan fingerprint density at radius 2 is 1.79 bits per heavy atom. The molecular formula is C22H34N2. The Morgan fingerprint density at radius 1 is 1.08 bits per heavy atom. The van der Waals surface area contributed by atoms with Crippen molar-refractivity contribution in [3.63, 3.8) is 0 Å². The normalized spacial score (nSPS) is 23.6. The van der Waals surface area contributed by atoms with Crippen LogP contribution in [0.25, 0.3) is 5.57 Å². The summed E-state index contributed by atoms with van der Waals surface area (Å²) in [6, 6.07) is 6.77. The quantitative estimate of drug-likeness (QED) is 0.734. The maximum absolute atomic E-state index is 6.40. The van der Waals surface area contributed by atoms with Crippen LogP contribution in [0.15, 0.2) is 23.8 Å². The smallest absolute Gasteiger partial charge is 0.0404 e. The minimum absolute atomic E-state index is 0.0810. The minimum atomic E-state index is 0.0810. The van der Waals surface area contributed by atoms with Gasteiger partial charge in [0, 0.05) is 16.8 Å². The van der Waals surface area contributed by atoms with E-state index in [-0.39, 0.29) is 5.54 Å². The van der Waals surface area contributed by atoms with E-state index in [0.29, 0.717) is 5.92 Å². The van der Waals surface area contributed by atoms with Gasteiger partial charge in [-0.3, -0.25) is 4.90 Å². The van der Waals surface area contributed by atoms with Gasteiger partial charge in [-0.2, -0.15) is 0 Å². The van der Waals surface area contributed by atoms with Crippen LogP contribution in [0.4, 0.5) is 5.69 Å². The molecule has 2 nitrogen and oxygen atoms in total. The van der Waals surface area contributed by atoms with Gasteiger partial charge in [0.2, 0.25) is 0 Å². The highest BCUT2D eigenvalue weighted by molar-refractivity contribution is 5.78. The van der Waals surface area contributed by atoms with Crippen LogP contribution in [0.2, 0.25) is 0 Å². The molecule has 132 valence electrons. The van der Waals surface area contributed by atoms with E-state index in [1.165, 1.54) is 68.3 Å². The van der Waals surface area contributed by atoms with Crippen LogP contribution in [0, 0.1) is 5.92 Å². The lowest BCUT2D eigenvalue weighted by Crippen LogP contribution is -2.44. The SMILES string of the molecule is CC1=C(c2cc(C(C)(C)N3CCCCC3)ccc2N)CCCC1C. The lowest BCUT2D eigenvalue weighted by molar-refractivity contribution is 0.0943. The first kappa shape index (κ1) is 17.5. The number of benzene rings is 1. The summed E-state index contributed by atoms with van der Waals surface area (Å²) < 4.78 is 0. The van der Waals surface area contributed by atoms with Crippen molar-refractivity contribution < 1.29 is 0 Å². The van der Waals surface area contributed by atoms with Crippen molar-refractivity contribution in [3.8, 4) is 0 Å². The summed E-state index contributed by atoms with van der Waals surface area (Å²) in [6.45, 7) is 11.8. The summed E-state index contributed by atoms with van der Waals surface area (Å²) in [6.07, 6.45) is 7.80. The molecule has 2 N–H and O–H groups in total. The third kappa shape index (κ3) is 3.26. The number of hydrogen-bond acceptors (Lipinski definition) is 2. The van der Waals surface area contributed by atoms with Crippen LogP contribution < -0.4 is 5.73 Å². The molecule has 1 heterocycles. The summed E-state index contributed by atoms with van der Waals surface area (Å²) in [7, 11) is 0. The number of nitrogens with two attached hydrogens (primary N) is 1. The summed E-state index contributed by atoms with van der Waals surface area (Å²) in [5, 5.41) is 0. The van der Waals surface area contributed by atoms with E-state index < -0.39 is 0 Å². The maximum Gasteiger partial charge on any atom is 0.0404 e. The van der Waals surface area contributed by atoms with E-state index in [1.807, 2.05) is 0 Å². The first-order chi connectivity index (χ1) is 11.4. The zero-order valence-electron chi connectivity index (χ0n) is 16.0. The van der Waals surface area contributed by atoms with Crippen molar-refractivity contribution in [3.05, 3.63) is 34.9 Å². The third-order valence-corrected chi connectivity index (χ3v) is 6.51. The zero-order chi connectivity index (χ0) is 17.3. The number of rotatable bonds is 3. The summed E-state index contributed by atoms with van der Waals surface area (Å²) in [5.41, 5.74) is 13.2. The summed E-state index contributed by atoms with van der Waals surface area (Å²) >= 11 is 0. The van der Waals surface area contributed by atoms with E-state index in [9.17, 15) is 0 Å². The molecule has 1 aliphatic heterocycles. The number of hydrogen-bond donors (Lipinski definition) is 1. The van der Waals surface area contributed by atoms with Gasteiger partial charge in [-0.15, -0.1) is 0 Å². The van der Waals surface area contributed by atoms with Crippen LogP contribution >= 0.6 is 0 Å². The summed E-state index contributed by atoms with van der Waals surface area (Å²) in [5.74, 6) is 0.687. The van der Waals surface area contributed by atoms with Crippen LogP contribution in [0.3, 0.4) is 0 Å².